The smallest absolute Gasteiger partial charge is 0.132 e. The maximum atomic E-state index is 13.5. The fourth-order valence-electron chi connectivity index (χ4n) is 1.98. The standard InChI is InChI=1S/C16H17F2NO2/c1-2-21-12-8-6-11(7-9-12)19-10-15(20)16-13(17)4-3-5-14(16)18/h3-9,15,19-20H,2,10H2,1H3. The Balaban J connectivity index is 1.99. The quantitative estimate of drug-likeness (QED) is 0.856. The molecule has 112 valence electrons. The maximum absolute atomic E-state index is 13.5. The molecule has 0 bridgehead atoms. The summed E-state index contributed by atoms with van der Waals surface area (Å²) in [7, 11) is 0. The second-order valence-corrected chi connectivity index (χ2v) is 4.49. The predicted molar refractivity (Wildman–Crippen MR) is 77.4 cm³/mol. The molecule has 1 atom stereocenters. The van der Waals surface area contributed by atoms with Crippen molar-refractivity contribution in [3.63, 3.8) is 0 Å². The summed E-state index contributed by atoms with van der Waals surface area (Å²) >= 11 is 0. The van der Waals surface area contributed by atoms with Crippen LogP contribution in [0.4, 0.5) is 14.5 Å². The van der Waals surface area contributed by atoms with E-state index in [1.807, 2.05) is 6.92 Å². The van der Waals surface area contributed by atoms with E-state index in [0.29, 0.717) is 6.61 Å². The summed E-state index contributed by atoms with van der Waals surface area (Å²) < 4.78 is 32.4. The van der Waals surface area contributed by atoms with Crippen LogP contribution < -0.4 is 10.1 Å². The average molecular weight is 293 g/mol. The summed E-state index contributed by atoms with van der Waals surface area (Å²) in [4.78, 5) is 0. The van der Waals surface area contributed by atoms with E-state index in [1.165, 1.54) is 6.07 Å². The van der Waals surface area contributed by atoms with Crippen LogP contribution in [0, 0.1) is 11.6 Å². The van der Waals surface area contributed by atoms with E-state index < -0.39 is 17.7 Å². The summed E-state index contributed by atoms with van der Waals surface area (Å²) in [6.07, 6.45) is -1.27. The van der Waals surface area contributed by atoms with Gasteiger partial charge in [-0.15, -0.1) is 0 Å². The van der Waals surface area contributed by atoms with Crippen LogP contribution >= 0.6 is 0 Å². The summed E-state index contributed by atoms with van der Waals surface area (Å²) in [5.74, 6) is -0.768. The first-order chi connectivity index (χ1) is 10.1. The van der Waals surface area contributed by atoms with Crippen molar-refractivity contribution in [2.75, 3.05) is 18.5 Å². The van der Waals surface area contributed by atoms with Crippen LogP contribution in [0.5, 0.6) is 5.75 Å². The fourth-order valence-corrected chi connectivity index (χ4v) is 1.98. The van der Waals surface area contributed by atoms with Gasteiger partial charge in [-0.25, -0.2) is 8.78 Å². The molecule has 0 spiro atoms. The molecule has 2 aromatic carbocycles. The third-order valence-corrected chi connectivity index (χ3v) is 3.00. The van der Waals surface area contributed by atoms with Gasteiger partial charge in [-0.3, -0.25) is 0 Å². The molecular weight excluding hydrogens is 276 g/mol. The Kier molecular flexibility index (Phi) is 5.11. The predicted octanol–water partition coefficient (Wildman–Crippen LogP) is 3.51. The van der Waals surface area contributed by atoms with E-state index in [4.69, 9.17) is 4.74 Å². The zero-order chi connectivity index (χ0) is 15.2. The van der Waals surface area contributed by atoms with Gasteiger partial charge in [-0.2, -0.15) is 0 Å². The van der Waals surface area contributed by atoms with E-state index in [1.54, 1.807) is 24.3 Å². The molecule has 2 rings (SSSR count). The molecular formula is C16H17F2NO2. The van der Waals surface area contributed by atoms with Crippen molar-refractivity contribution in [3.05, 3.63) is 59.7 Å². The fraction of sp³-hybridized carbons (Fsp3) is 0.250. The van der Waals surface area contributed by atoms with Gasteiger partial charge in [0.2, 0.25) is 0 Å². The lowest BCUT2D eigenvalue weighted by molar-refractivity contribution is 0.181. The van der Waals surface area contributed by atoms with Gasteiger partial charge >= 0.3 is 0 Å². The molecule has 1 unspecified atom stereocenters. The molecule has 2 N–H and O–H groups in total. The van der Waals surface area contributed by atoms with Gasteiger partial charge in [-0.05, 0) is 43.3 Å². The highest BCUT2D eigenvalue weighted by atomic mass is 19.1. The Morgan fingerprint density at radius 1 is 1.10 bits per heavy atom. The number of hydrogen-bond donors (Lipinski definition) is 2. The highest BCUT2D eigenvalue weighted by Gasteiger charge is 2.17. The lowest BCUT2D eigenvalue weighted by Gasteiger charge is -2.15. The first-order valence-corrected chi connectivity index (χ1v) is 6.70. The minimum absolute atomic E-state index is 0.00579. The van der Waals surface area contributed by atoms with Gasteiger partial charge in [-0.1, -0.05) is 6.07 Å². The zero-order valence-electron chi connectivity index (χ0n) is 11.6. The number of nitrogens with one attached hydrogen (secondary N) is 1. The SMILES string of the molecule is CCOc1ccc(NCC(O)c2c(F)cccc2F)cc1. The average Bonchev–Trinajstić information content (AvgIpc) is 2.47. The topological polar surface area (TPSA) is 41.5 Å². The molecule has 0 fully saturated rings. The summed E-state index contributed by atoms with van der Waals surface area (Å²) in [6.45, 7) is 2.48. The lowest BCUT2D eigenvalue weighted by Crippen LogP contribution is -2.15. The molecule has 0 saturated carbocycles. The van der Waals surface area contributed by atoms with Gasteiger partial charge in [0, 0.05) is 12.2 Å². The Morgan fingerprint density at radius 2 is 1.71 bits per heavy atom. The Hall–Kier alpha value is -2.14. The summed E-state index contributed by atoms with van der Waals surface area (Å²) in [6, 6.07) is 10.6. The van der Waals surface area contributed by atoms with Crippen LogP contribution in [0.1, 0.15) is 18.6 Å². The molecule has 0 amide bonds. The van der Waals surface area contributed by atoms with Crippen molar-refractivity contribution in [1.29, 1.82) is 0 Å². The van der Waals surface area contributed by atoms with Crippen molar-refractivity contribution in [2.45, 2.75) is 13.0 Å². The van der Waals surface area contributed by atoms with Gasteiger partial charge in [0.05, 0.1) is 12.2 Å². The number of rotatable bonds is 6. The minimum atomic E-state index is -1.27. The van der Waals surface area contributed by atoms with Crippen molar-refractivity contribution in [2.24, 2.45) is 0 Å². The Bertz CT molecular complexity index is 567. The van der Waals surface area contributed by atoms with E-state index in [2.05, 4.69) is 5.32 Å². The number of hydrogen-bond acceptors (Lipinski definition) is 3. The van der Waals surface area contributed by atoms with Crippen molar-refractivity contribution in [1.82, 2.24) is 0 Å². The number of halogens is 2. The number of aliphatic hydroxyl groups excluding tert-OH is 1. The number of ether oxygens (including phenoxy) is 1. The second-order valence-electron chi connectivity index (χ2n) is 4.49. The molecule has 0 heterocycles. The first kappa shape index (κ1) is 15.3. The van der Waals surface area contributed by atoms with Gasteiger partial charge in [0.25, 0.3) is 0 Å². The monoisotopic (exact) mass is 293 g/mol. The molecule has 0 radical (unpaired) electrons. The molecule has 0 aliphatic carbocycles. The summed E-state index contributed by atoms with van der Waals surface area (Å²) in [5.41, 5.74) is 0.408. The van der Waals surface area contributed by atoms with Crippen LogP contribution in [0.2, 0.25) is 0 Å². The second kappa shape index (κ2) is 7.04. The van der Waals surface area contributed by atoms with Crippen LogP contribution in [-0.4, -0.2) is 18.3 Å². The molecule has 2 aromatic rings. The van der Waals surface area contributed by atoms with E-state index in [0.717, 1.165) is 23.6 Å². The molecule has 0 saturated heterocycles. The number of benzene rings is 2. The van der Waals surface area contributed by atoms with Crippen LogP contribution in [-0.2, 0) is 0 Å². The highest BCUT2D eigenvalue weighted by Crippen LogP contribution is 2.22. The van der Waals surface area contributed by atoms with Crippen molar-refractivity contribution < 1.29 is 18.6 Å². The molecule has 0 aliphatic heterocycles. The minimum Gasteiger partial charge on any atom is -0.494 e. The first-order valence-electron chi connectivity index (χ1n) is 6.70. The lowest BCUT2D eigenvalue weighted by atomic mass is 10.1. The number of anilines is 1. The third kappa shape index (κ3) is 3.92. The molecule has 21 heavy (non-hydrogen) atoms. The largest absolute Gasteiger partial charge is 0.494 e. The normalized spacial score (nSPS) is 12.0. The van der Waals surface area contributed by atoms with E-state index in [9.17, 15) is 13.9 Å². The molecule has 3 nitrogen and oxygen atoms in total. The van der Waals surface area contributed by atoms with Crippen LogP contribution in [0.15, 0.2) is 42.5 Å². The molecule has 0 aromatic heterocycles. The van der Waals surface area contributed by atoms with Gasteiger partial charge in [0.15, 0.2) is 0 Å². The van der Waals surface area contributed by atoms with Crippen LogP contribution in [0.25, 0.3) is 0 Å². The van der Waals surface area contributed by atoms with Gasteiger partial charge in [0.1, 0.15) is 23.5 Å². The van der Waals surface area contributed by atoms with Crippen molar-refractivity contribution in [3.8, 4) is 5.75 Å². The van der Waals surface area contributed by atoms with Gasteiger partial charge < -0.3 is 15.2 Å². The number of aliphatic hydroxyl groups is 1. The zero-order valence-corrected chi connectivity index (χ0v) is 11.6. The van der Waals surface area contributed by atoms with E-state index in [-0.39, 0.29) is 12.1 Å². The third-order valence-electron chi connectivity index (χ3n) is 3.00. The highest BCUT2D eigenvalue weighted by molar-refractivity contribution is 5.46. The molecule has 0 aliphatic rings. The Labute approximate surface area is 122 Å². The Morgan fingerprint density at radius 3 is 2.29 bits per heavy atom. The maximum Gasteiger partial charge on any atom is 0.132 e. The summed E-state index contributed by atoms with van der Waals surface area (Å²) in [5, 5.41) is 12.8. The van der Waals surface area contributed by atoms with E-state index >= 15 is 0 Å². The molecule has 5 heteroatoms. The van der Waals surface area contributed by atoms with Crippen molar-refractivity contribution >= 4 is 5.69 Å². The van der Waals surface area contributed by atoms with Crippen LogP contribution in [0.3, 0.4) is 0 Å².